The lowest BCUT2D eigenvalue weighted by Gasteiger charge is -2.66. The fourth-order valence-electron chi connectivity index (χ4n) is 7.16. The van der Waals surface area contributed by atoms with E-state index in [-0.39, 0.29) is 51.5 Å². The molecule has 2 N–H and O–H groups in total. The number of fused-ring (bicyclic) bond motifs is 5. The number of hydrogen-bond donors (Lipinski definition) is 2. The Balaban J connectivity index is 1.64. The van der Waals surface area contributed by atoms with Crippen molar-refractivity contribution in [1.82, 2.24) is 0 Å². The summed E-state index contributed by atoms with van der Waals surface area (Å²) in [5.41, 5.74) is -0.145. The van der Waals surface area contributed by atoms with Crippen molar-refractivity contribution in [3.05, 3.63) is 11.6 Å². The van der Waals surface area contributed by atoms with Crippen LogP contribution in [0.4, 0.5) is 0 Å². The SMILES string of the molecule is CC(=O)OC[C@H](Br)[C@@]1(C)CC=C2[C@@H](C1)[C@H](O)C[C@@H]1[C@@]3(O)CC[C@H]3[C@H](OC(C)=O)C[C@@]21C. The third kappa shape index (κ3) is 3.68. The molecule has 3 saturated carbocycles. The van der Waals surface area contributed by atoms with Crippen molar-refractivity contribution < 1.29 is 29.3 Å². The highest BCUT2D eigenvalue weighted by atomic mass is 79.9. The predicted octanol–water partition coefficient (Wildman–Crippen LogP) is 3.52. The zero-order valence-corrected chi connectivity index (χ0v) is 20.5. The van der Waals surface area contributed by atoms with Gasteiger partial charge < -0.3 is 19.7 Å². The molecule has 4 rings (SSSR count). The quantitative estimate of drug-likeness (QED) is 0.350. The Morgan fingerprint density at radius 3 is 2.55 bits per heavy atom. The molecule has 0 amide bonds. The molecule has 4 aliphatic carbocycles. The third-order valence-corrected chi connectivity index (χ3v) is 10.3. The molecule has 0 saturated heterocycles. The zero-order valence-electron chi connectivity index (χ0n) is 18.9. The maximum atomic E-state index is 11.8. The molecule has 0 bridgehead atoms. The number of aliphatic hydroxyl groups is 2. The van der Waals surface area contributed by atoms with Crippen LogP contribution >= 0.6 is 15.9 Å². The van der Waals surface area contributed by atoms with Crippen LogP contribution in [0.2, 0.25) is 0 Å². The van der Waals surface area contributed by atoms with Crippen LogP contribution in [0.1, 0.15) is 66.2 Å². The van der Waals surface area contributed by atoms with Crippen LogP contribution in [-0.4, -0.2) is 51.4 Å². The molecule has 3 fully saturated rings. The number of rotatable bonds is 4. The molecule has 9 atom stereocenters. The van der Waals surface area contributed by atoms with Gasteiger partial charge >= 0.3 is 11.9 Å². The maximum Gasteiger partial charge on any atom is 0.302 e. The normalized spacial score (nSPS) is 46.9. The average molecular weight is 499 g/mol. The van der Waals surface area contributed by atoms with Crippen molar-refractivity contribution in [3.63, 3.8) is 0 Å². The van der Waals surface area contributed by atoms with Crippen molar-refractivity contribution in [2.45, 2.75) is 88.9 Å². The predicted molar refractivity (Wildman–Crippen MR) is 118 cm³/mol. The molecule has 31 heavy (non-hydrogen) atoms. The summed E-state index contributed by atoms with van der Waals surface area (Å²) in [5, 5.41) is 22.8. The first kappa shape index (κ1) is 23.2. The van der Waals surface area contributed by atoms with Gasteiger partial charge in [0.1, 0.15) is 12.7 Å². The number of halogens is 1. The highest BCUT2D eigenvalue weighted by molar-refractivity contribution is 9.09. The fourth-order valence-corrected chi connectivity index (χ4v) is 7.67. The minimum Gasteiger partial charge on any atom is -0.465 e. The van der Waals surface area contributed by atoms with Gasteiger partial charge in [0.25, 0.3) is 0 Å². The smallest absolute Gasteiger partial charge is 0.302 e. The lowest BCUT2D eigenvalue weighted by atomic mass is 9.41. The van der Waals surface area contributed by atoms with Gasteiger partial charge in [-0.05, 0) is 55.3 Å². The molecule has 0 aromatic rings. The highest BCUT2D eigenvalue weighted by Crippen LogP contribution is 2.67. The van der Waals surface area contributed by atoms with Crippen LogP contribution in [0.15, 0.2) is 11.6 Å². The van der Waals surface area contributed by atoms with E-state index in [9.17, 15) is 19.8 Å². The molecule has 0 spiro atoms. The van der Waals surface area contributed by atoms with Gasteiger partial charge in [-0.25, -0.2) is 0 Å². The van der Waals surface area contributed by atoms with Gasteiger partial charge in [0.2, 0.25) is 0 Å². The van der Waals surface area contributed by atoms with Crippen molar-refractivity contribution in [3.8, 4) is 0 Å². The molecule has 0 heterocycles. The molecule has 4 aliphatic rings. The number of carbonyl (C=O) groups is 2. The van der Waals surface area contributed by atoms with Gasteiger partial charge in [-0.1, -0.05) is 41.4 Å². The lowest BCUT2D eigenvalue weighted by Crippen LogP contribution is -2.69. The van der Waals surface area contributed by atoms with Gasteiger partial charge in [0, 0.05) is 25.7 Å². The van der Waals surface area contributed by atoms with Gasteiger partial charge in [0.05, 0.1) is 16.5 Å². The molecule has 0 unspecified atom stereocenters. The topological polar surface area (TPSA) is 93.1 Å². The molecule has 7 heteroatoms. The second-order valence-electron chi connectivity index (χ2n) is 10.9. The standard InChI is InChI=1S/C24H35BrO6/c1-13(26)30-12-21(25)22(3)7-5-16-15(10-22)18(28)9-20-23(16,4)11-19(31-14(2)27)17-6-8-24(17,20)29/h5,15,17-21,28-29H,6-12H2,1-4H3/t15-,17+,18-,19-,20+,21+,22+,23+,24-/m1/s1. The van der Waals surface area contributed by atoms with Crippen LogP contribution in [0, 0.1) is 28.6 Å². The third-order valence-electron chi connectivity index (χ3n) is 8.93. The Kier molecular flexibility index (Phi) is 5.88. The zero-order chi connectivity index (χ0) is 22.8. The summed E-state index contributed by atoms with van der Waals surface area (Å²) in [6, 6.07) is 0. The van der Waals surface area contributed by atoms with Crippen molar-refractivity contribution >= 4 is 27.9 Å². The Morgan fingerprint density at radius 2 is 1.97 bits per heavy atom. The summed E-state index contributed by atoms with van der Waals surface area (Å²) in [6.07, 6.45) is 5.84. The van der Waals surface area contributed by atoms with Gasteiger partial charge in [-0.3, -0.25) is 9.59 Å². The highest BCUT2D eigenvalue weighted by Gasteiger charge is 2.67. The van der Waals surface area contributed by atoms with E-state index >= 15 is 0 Å². The van der Waals surface area contributed by atoms with E-state index in [1.807, 2.05) is 0 Å². The van der Waals surface area contributed by atoms with E-state index in [0.29, 0.717) is 25.9 Å². The Bertz CT molecular complexity index is 797. The molecular weight excluding hydrogens is 464 g/mol. The molecule has 0 aromatic heterocycles. The summed E-state index contributed by atoms with van der Waals surface area (Å²) in [5.74, 6) is -0.686. The molecule has 0 aromatic carbocycles. The second-order valence-corrected chi connectivity index (χ2v) is 12.0. The average Bonchev–Trinajstić information content (AvgIpc) is 2.66. The Morgan fingerprint density at radius 1 is 1.26 bits per heavy atom. The number of ether oxygens (including phenoxy) is 2. The van der Waals surface area contributed by atoms with E-state index in [0.717, 1.165) is 19.3 Å². The molecule has 174 valence electrons. The minimum absolute atomic E-state index is 0.0141. The van der Waals surface area contributed by atoms with Crippen LogP contribution in [0.25, 0.3) is 0 Å². The number of aliphatic hydroxyl groups excluding tert-OH is 1. The number of esters is 2. The lowest BCUT2D eigenvalue weighted by molar-refractivity contribution is -0.253. The summed E-state index contributed by atoms with van der Waals surface area (Å²) in [7, 11) is 0. The first-order valence-electron chi connectivity index (χ1n) is 11.5. The van der Waals surface area contributed by atoms with Crippen molar-refractivity contribution in [2.24, 2.45) is 28.6 Å². The molecular formula is C24H35BrO6. The monoisotopic (exact) mass is 498 g/mol. The summed E-state index contributed by atoms with van der Waals surface area (Å²) in [4.78, 5) is 23.0. The van der Waals surface area contributed by atoms with Gasteiger partial charge in [-0.2, -0.15) is 0 Å². The first-order valence-corrected chi connectivity index (χ1v) is 12.4. The second kappa shape index (κ2) is 7.84. The Hall–Kier alpha value is -0.920. The van der Waals surface area contributed by atoms with E-state index in [2.05, 4.69) is 35.9 Å². The van der Waals surface area contributed by atoms with E-state index in [1.54, 1.807) is 0 Å². The molecule has 0 radical (unpaired) electrons. The fraction of sp³-hybridized carbons (Fsp3) is 0.833. The van der Waals surface area contributed by atoms with E-state index in [1.165, 1.54) is 19.4 Å². The molecule has 0 aliphatic heterocycles. The maximum absolute atomic E-state index is 11.8. The van der Waals surface area contributed by atoms with Crippen LogP contribution < -0.4 is 0 Å². The number of hydrogen-bond acceptors (Lipinski definition) is 6. The summed E-state index contributed by atoms with van der Waals surface area (Å²) in [6.45, 7) is 7.51. The van der Waals surface area contributed by atoms with Crippen LogP contribution in [-0.2, 0) is 19.1 Å². The summed E-state index contributed by atoms with van der Waals surface area (Å²) < 4.78 is 10.9. The van der Waals surface area contributed by atoms with Crippen molar-refractivity contribution in [1.29, 1.82) is 0 Å². The minimum atomic E-state index is -0.881. The van der Waals surface area contributed by atoms with Crippen molar-refractivity contribution in [2.75, 3.05) is 6.61 Å². The first-order chi connectivity index (χ1) is 14.4. The van der Waals surface area contributed by atoms with E-state index < -0.39 is 11.7 Å². The number of allylic oxidation sites excluding steroid dienone is 1. The number of carbonyl (C=O) groups excluding carboxylic acids is 2. The van der Waals surface area contributed by atoms with E-state index in [4.69, 9.17) is 9.47 Å². The molecule has 6 nitrogen and oxygen atoms in total. The van der Waals surface area contributed by atoms with Gasteiger partial charge in [0.15, 0.2) is 0 Å². The van der Waals surface area contributed by atoms with Crippen LogP contribution in [0.5, 0.6) is 0 Å². The number of alkyl halides is 1. The Labute approximate surface area is 192 Å². The summed E-state index contributed by atoms with van der Waals surface area (Å²) >= 11 is 3.73. The van der Waals surface area contributed by atoms with Gasteiger partial charge in [-0.15, -0.1) is 0 Å². The largest absolute Gasteiger partial charge is 0.465 e. The van der Waals surface area contributed by atoms with Crippen LogP contribution in [0.3, 0.4) is 0 Å².